The van der Waals surface area contributed by atoms with Crippen molar-refractivity contribution in [2.45, 2.75) is 71.4 Å². The third kappa shape index (κ3) is 4.16. The van der Waals surface area contributed by atoms with Crippen LogP contribution < -0.4 is 10.6 Å². The Labute approximate surface area is 158 Å². The number of hydrogen-bond acceptors (Lipinski definition) is 3. The largest absolute Gasteiger partial charge is 0.377 e. The summed E-state index contributed by atoms with van der Waals surface area (Å²) in [6, 6.07) is 0.417. The molecule has 3 fully saturated rings. The molecule has 0 radical (unpaired) electrons. The van der Waals surface area contributed by atoms with Crippen molar-refractivity contribution in [2.75, 3.05) is 32.8 Å². The molecule has 3 unspecified atom stereocenters. The number of nitrogens with zero attached hydrogens (tertiary/aromatic N) is 2. The van der Waals surface area contributed by atoms with E-state index >= 15 is 0 Å². The lowest BCUT2D eigenvalue weighted by Gasteiger charge is -2.54. The summed E-state index contributed by atoms with van der Waals surface area (Å²) in [5, 5.41) is 7.03. The molecule has 3 aliphatic rings. The predicted molar refractivity (Wildman–Crippen MR) is 104 cm³/mol. The third-order valence-corrected chi connectivity index (χ3v) is 6.26. The first-order chi connectivity index (χ1) is 12.5. The van der Waals surface area contributed by atoms with Gasteiger partial charge in [0, 0.05) is 56.6 Å². The van der Waals surface area contributed by atoms with Crippen molar-refractivity contribution < 1.29 is 9.53 Å². The van der Waals surface area contributed by atoms with Crippen LogP contribution >= 0.6 is 0 Å². The van der Waals surface area contributed by atoms with E-state index in [9.17, 15) is 4.79 Å². The van der Waals surface area contributed by atoms with Gasteiger partial charge in [-0.05, 0) is 32.6 Å². The van der Waals surface area contributed by atoms with E-state index in [0.29, 0.717) is 24.0 Å². The highest BCUT2D eigenvalue weighted by Gasteiger charge is 2.59. The van der Waals surface area contributed by atoms with E-state index < -0.39 is 0 Å². The second-order valence-electron chi connectivity index (χ2n) is 8.49. The van der Waals surface area contributed by atoms with Gasteiger partial charge in [-0.1, -0.05) is 20.3 Å². The summed E-state index contributed by atoms with van der Waals surface area (Å²) >= 11 is 0. The van der Waals surface area contributed by atoms with Gasteiger partial charge in [0.25, 0.3) is 0 Å². The van der Waals surface area contributed by atoms with Crippen molar-refractivity contribution in [1.29, 1.82) is 0 Å². The van der Waals surface area contributed by atoms with Crippen LogP contribution in [0.15, 0.2) is 4.99 Å². The molecule has 1 aliphatic carbocycles. The lowest BCUT2D eigenvalue weighted by molar-refractivity contribution is -0.130. The Kier molecular flexibility index (Phi) is 6.43. The number of likely N-dealkylation sites (tertiary alicyclic amines) is 1. The molecule has 0 aromatic heterocycles. The maximum absolute atomic E-state index is 12.1. The van der Waals surface area contributed by atoms with Crippen LogP contribution in [0.5, 0.6) is 0 Å². The van der Waals surface area contributed by atoms with Crippen molar-refractivity contribution in [3.63, 3.8) is 0 Å². The smallest absolute Gasteiger partial charge is 0.222 e. The molecule has 0 aromatic rings. The standard InChI is InChI=1S/C20H36N4O2/c1-4-21-19(23-17-15-10-14-26-18(15)20(17,2)3)22-11-8-13-24-12-7-5-6-9-16(24)25/h15,17-18H,4-14H2,1-3H3,(H2,21,22,23). The van der Waals surface area contributed by atoms with Gasteiger partial charge in [0.2, 0.25) is 5.91 Å². The zero-order valence-electron chi connectivity index (χ0n) is 16.7. The lowest BCUT2D eigenvalue weighted by Crippen LogP contribution is -2.68. The van der Waals surface area contributed by atoms with Crippen LogP contribution in [0.3, 0.4) is 0 Å². The number of ether oxygens (including phenoxy) is 1. The maximum Gasteiger partial charge on any atom is 0.222 e. The normalized spacial score (nSPS) is 31.2. The van der Waals surface area contributed by atoms with Crippen LogP contribution in [0, 0.1) is 11.3 Å². The molecule has 3 rings (SSSR count). The van der Waals surface area contributed by atoms with Crippen molar-refractivity contribution in [3.8, 4) is 0 Å². The average Bonchev–Trinajstić information content (AvgIpc) is 2.98. The Balaban J connectivity index is 1.48. The fourth-order valence-electron chi connectivity index (χ4n) is 4.81. The van der Waals surface area contributed by atoms with Gasteiger partial charge in [-0.3, -0.25) is 9.79 Å². The predicted octanol–water partition coefficient (Wildman–Crippen LogP) is 2.15. The first kappa shape index (κ1) is 19.5. The van der Waals surface area contributed by atoms with E-state index in [1.807, 2.05) is 4.90 Å². The zero-order valence-corrected chi connectivity index (χ0v) is 16.7. The first-order valence-corrected chi connectivity index (χ1v) is 10.5. The van der Waals surface area contributed by atoms with Gasteiger partial charge in [0.1, 0.15) is 0 Å². The Hall–Kier alpha value is -1.30. The van der Waals surface area contributed by atoms with Crippen LogP contribution in [-0.4, -0.2) is 61.7 Å². The first-order valence-electron chi connectivity index (χ1n) is 10.5. The number of nitrogens with one attached hydrogen (secondary N) is 2. The molecule has 3 atom stereocenters. The average molecular weight is 365 g/mol. The minimum absolute atomic E-state index is 0.149. The Morgan fingerprint density at radius 1 is 1.35 bits per heavy atom. The molecule has 148 valence electrons. The number of rotatable bonds is 6. The second-order valence-corrected chi connectivity index (χ2v) is 8.49. The summed E-state index contributed by atoms with van der Waals surface area (Å²) < 4.78 is 5.89. The highest BCUT2D eigenvalue weighted by Crippen LogP contribution is 2.52. The maximum atomic E-state index is 12.1. The highest BCUT2D eigenvalue weighted by molar-refractivity contribution is 5.80. The van der Waals surface area contributed by atoms with Crippen molar-refractivity contribution in [1.82, 2.24) is 15.5 Å². The van der Waals surface area contributed by atoms with Crippen molar-refractivity contribution in [2.24, 2.45) is 16.3 Å². The number of guanidine groups is 1. The van der Waals surface area contributed by atoms with Crippen molar-refractivity contribution >= 4 is 11.9 Å². The monoisotopic (exact) mass is 364 g/mol. The van der Waals surface area contributed by atoms with E-state index in [1.165, 1.54) is 6.42 Å². The second kappa shape index (κ2) is 8.59. The van der Waals surface area contributed by atoms with E-state index in [4.69, 9.17) is 9.73 Å². The summed E-state index contributed by atoms with van der Waals surface area (Å²) in [5.74, 6) is 1.82. The number of carbonyl (C=O) groups excluding carboxylic acids is 1. The number of fused-ring (bicyclic) bond motifs is 1. The number of amides is 1. The molecule has 1 amide bonds. The Morgan fingerprint density at radius 3 is 3.00 bits per heavy atom. The van der Waals surface area contributed by atoms with Crippen LogP contribution in [0.25, 0.3) is 0 Å². The number of carbonyl (C=O) groups is 1. The van der Waals surface area contributed by atoms with Gasteiger partial charge in [-0.15, -0.1) is 0 Å². The molecule has 2 heterocycles. The van der Waals surface area contributed by atoms with Crippen molar-refractivity contribution in [3.05, 3.63) is 0 Å². The summed E-state index contributed by atoms with van der Waals surface area (Å²) in [5.41, 5.74) is 0.149. The summed E-state index contributed by atoms with van der Waals surface area (Å²) in [4.78, 5) is 18.9. The molecule has 6 heteroatoms. The van der Waals surface area contributed by atoms with Crippen LogP contribution in [-0.2, 0) is 9.53 Å². The van der Waals surface area contributed by atoms with Gasteiger partial charge in [-0.25, -0.2) is 0 Å². The van der Waals surface area contributed by atoms with Crippen LogP contribution in [0.1, 0.15) is 59.3 Å². The molecule has 0 aromatic carbocycles. The summed E-state index contributed by atoms with van der Waals surface area (Å²) in [6.45, 7) is 10.9. The van der Waals surface area contributed by atoms with E-state index in [0.717, 1.165) is 70.8 Å². The van der Waals surface area contributed by atoms with Crippen LogP contribution in [0.2, 0.25) is 0 Å². The SMILES string of the molecule is CCNC(=NCCCN1CCCCCC1=O)NC1C2CCOC2C1(C)C. The van der Waals surface area contributed by atoms with Gasteiger partial charge >= 0.3 is 0 Å². The molecule has 2 N–H and O–H groups in total. The molecule has 0 spiro atoms. The van der Waals surface area contributed by atoms with E-state index in [1.54, 1.807) is 0 Å². The number of hydrogen-bond donors (Lipinski definition) is 2. The Bertz CT molecular complexity index is 520. The molecule has 6 nitrogen and oxygen atoms in total. The van der Waals surface area contributed by atoms with Crippen LogP contribution in [0.4, 0.5) is 0 Å². The Morgan fingerprint density at radius 2 is 2.19 bits per heavy atom. The van der Waals surface area contributed by atoms with Gasteiger partial charge < -0.3 is 20.3 Å². The molecule has 26 heavy (non-hydrogen) atoms. The summed E-state index contributed by atoms with van der Waals surface area (Å²) in [6.07, 6.45) is 6.53. The molecule has 1 saturated carbocycles. The third-order valence-electron chi connectivity index (χ3n) is 6.26. The molecular formula is C20H36N4O2. The fraction of sp³-hybridized carbons (Fsp3) is 0.900. The molecule has 2 aliphatic heterocycles. The molecule has 0 bridgehead atoms. The lowest BCUT2D eigenvalue weighted by atomic mass is 9.57. The molecule has 2 saturated heterocycles. The minimum atomic E-state index is 0.149. The zero-order chi connectivity index (χ0) is 18.6. The minimum Gasteiger partial charge on any atom is -0.377 e. The van der Waals surface area contributed by atoms with Gasteiger partial charge in [-0.2, -0.15) is 0 Å². The highest BCUT2D eigenvalue weighted by atomic mass is 16.5. The summed E-state index contributed by atoms with van der Waals surface area (Å²) in [7, 11) is 0. The van der Waals surface area contributed by atoms with E-state index in [-0.39, 0.29) is 5.41 Å². The fourth-order valence-corrected chi connectivity index (χ4v) is 4.81. The topological polar surface area (TPSA) is 66.0 Å². The van der Waals surface area contributed by atoms with Gasteiger partial charge in [0.15, 0.2) is 5.96 Å². The number of aliphatic imine (C=N–C) groups is 1. The quantitative estimate of drug-likeness (QED) is 0.431. The molecular weight excluding hydrogens is 328 g/mol. The van der Waals surface area contributed by atoms with Gasteiger partial charge in [0.05, 0.1) is 6.10 Å². The van der Waals surface area contributed by atoms with E-state index in [2.05, 4.69) is 31.4 Å².